The quantitative estimate of drug-likeness (QED) is 0.846. The minimum Gasteiger partial charge on any atom is -0.465 e. The van der Waals surface area contributed by atoms with E-state index in [2.05, 4.69) is 25.3 Å². The average molecular weight is 296 g/mol. The summed E-state index contributed by atoms with van der Waals surface area (Å²) >= 11 is 1.21. The number of carbonyl (C=O) groups is 2. The Morgan fingerprint density at radius 3 is 2.75 bits per heavy atom. The predicted molar refractivity (Wildman–Crippen MR) is 70.3 cm³/mol. The second-order valence-corrected chi connectivity index (χ2v) is 4.32. The van der Waals surface area contributed by atoms with Gasteiger partial charge in [0.25, 0.3) is 0 Å². The normalized spacial score (nSPS) is 9.90. The molecule has 0 aliphatic rings. The first kappa shape index (κ1) is 13.9. The first-order valence-corrected chi connectivity index (χ1v) is 6.20. The van der Waals surface area contributed by atoms with Crippen molar-refractivity contribution in [2.24, 2.45) is 0 Å². The number of urea groups is 1. The fourth-order valence-corrected chi connectivity index (χ4v) is 1.84. The second kappa shape index (κ2) is 6.06. The first-order valence-electron chi connectivity index (χ1n) is 5.32. The molecule has 0 spiro atoms. The maximum atomic E-state index is 13.9. The Morgan fingerprint density at radius 2 is 2.10 bits per heavy atom. The summed E-state index contributed by atoms with van der Waals surface area (Å²) in [5, 5.41) is 6.61. The summed E-state index contributed by atoms with van der Waals surface area (Å²) < 4.78 is 18.3. The number of rotatable bonds is 3. The third-order valence-electron chi connectivity index (χ3n) is 2.18. The maximum absolute atomic E-state index is 13.9. The molecular formula is C11H9FN4O3S. The van der Waals surface area contributed by atoms with Gasteiger partial charge in [-0.05, 0) is 6.07 Å². The number of esters is 1. The molecule has 0 saturated carbocycles. The van der Waals surface area contributed by atoms with Gasteiger partial charge < -0.3 is 4.74 Å². The van der Waals surface area contributed by atoms with Gasteiger partial charge in [0.1, 0.15) is 5.56 Å². The van der Waals surface area contributed by atoms with Crippen LogP contribution in [0.2, 0.25) is 0 Å². The zero-order valence-electron chi connectivity index (χ0n) is 10.2. The number of ether oxygens (including phenoxy) is 1. The van der Waals surface area contributed by atoms with Crippen LogP contribution >= 0.6 is 11.3 Å². The number of aromatic nitrogens is 2. The van der Waals surface area contributed by atoms with E-state index in [0.717, 1.165) is 13.2 Å². The van der Waals surface area contributed by atoms with Crippen molar-refractivity contribution < 1.29 is 18.7 Å². The lowest BCUT2D eigenvalue weighted by atomic mass is 10.2. The average Bonchev–Trinajstić information content (AvgIpc) is 2.93. The van der Waals surface area contributed by atoms with Crippen LogP contribution in [0, 0.1) is 5.82 Å². The monoisotopic (exact) mass is 296 g/mol. The molecule has 0 aromatic carbocycles. The molecule has 9 heteroatoms. The number of halogens is 1. The largest absolute Gasteiger partial charge is 0.465 e. The van der Waals surface area contributed by atoms with E-state index in [1.807, 2.05) is 0 Å². The molecule has 7 nitrogen and oxygen atoms in total. The van der Waals surface area contributed by atoms with E-state index in [4.69, 9.17) is 0 Å². The van der Waals surface area contributed by atoms with E-state index in [-0.39, 0.29) is 11.4 Å². The van der Waals surface area contributed by atoms with Crippen LogP contribution in [0.15, 0.2) is 23.8 Å². The summed E-state index contributed by atoms with van der Waals surface area (Å²) in [7, 11) is 1.13. The number of nitrogens with one attached hydrogen (secondary N) is 2. The summed E-state index contributed by atoms with van der Waals surface area (Å²) in [6.07, 6.45) is 2.70. The number of pyridine rings is 1. The Morgan fingerprint density at radius 1 is 1.30 bits per heavy atom. The third-order valence-corrected chi connectivity index (χ3v) is 2.87. The van der Waals surface area contributed by atoms with E-state index in [1.54, 1.807) is 5.38 Å². The number of amides is 2. The topological polar surface area (TPSA) is 93.2 Å². The summed E-state index contributed by atoms with van der Waals surface area (Å²) in [5.74, 6) is -2.19. The molecule has 2 aromatic heterocycles. The summed E-state index contributed by atoms with van der Waals surface area (Å²) in [4.78, 5) is 30.4. The van der Waals surface area contributed by atoms with Crippen LogP contribution in [-0.2, 0) is 4.74 Å². The molecule has 20 heavy (non-hydrogen) atoms. The molecule has 2 aromatic rings. The van der Waals surface area contributed by atoms with Crippen molar-refractivity contribution in [3.8, 4) is 0 Å². The van der Waals surface area contributed by atoms with Crippen molar-refractivity contribution in [1.82, 2.24) is 9.97 Å². The molecule has 2 heterocycles. The molecule has 0 fully saturated rings. The van der Waals surface area contributed by atoms with Gasteiger partial charge in [0, 0.05) is 17.8 Å². The van der Waals surface area contributed by atoms with Crippen LogP contribution in [0.1, 0.15) is 10.4 Å². The highest BCUT2D eigenvalue weighted by Gasteiger charge is 2.18. The minimum atomic E-state index is -0.964. The van der Waals surface area contributed by atoms with Crippen LogP contribution < -0.4 is 10.6 Å². The third kappa shape index (κ3) is 3.06. The van der Waals surface area contributed by atoms with Gasteiger partial charge in [0.2, 0.25) is 0 Å². The van der Waals surface area contributed by atoms with Crippen molar-refractivity contribution in [2.45, 2.75) is 0 Å². The Hall–Kier alpha value is -2.55. The molecular weight excluding hydrogens is 287 g/mol. The van der Waals surface area contributed by atoms with E-state index < -0.39 is 17.8 Å². The van der Waals surface area contributed by atoms with Gasteiger partial charge in [-0.25, -0.2) is 23.9 Å². The van der Waals surface area contributed by atoms with Crippen LogP contribution in [0.25, 0.3) is 0 Å². The van der Waals surface area contributed by atoms with Crippen LogP contribution in [0.4, 0.5) is 20.1 Å². The second-order valence-electron chi connectivity index (χ2n) is 3.43. The SMILES string of the molecule is COC(=O)c1ccnc(NC(=O)Nc2nccs2)c1F. The highest BCUT2D eigenvalue weighted by Crippen LogP contribution is 2.17. The number of nitrogens with zero attached hydrogens (tertiary/aromatic N) is 2. The number of hydrogen-bond acceptors (Lipinski definition) is 6. The van der Waals surface area contributed by atoms with Crippen LogP contribution in [-0.4, -0.2) is 29.1 Å². The van der Waals surface area contributed by atoms with Gasteiger partial charge in [-0.2, -0.15) is 0 Å². The number of anilines is 2. The molecule has 0 unspecified atom stereocenters. The van der Waals surface area contributed by atoms with Gasteiger partial charge in [-0.15, -0.1) is 11.3 Å². The zero-order valence-corrected chi connectivity index (χ0v) is 11.0. The Balaban J connectivity index is 2.13. The smallest absolute Gasteiger partial charge is 0.341 e. The van der Waals surface area contributed by atoms with Gasteiger partial charge in [0.15, 0.2) is 16.8 Å². The molecule has 2 N–H and O–H groups in total. The van der Waals surface area contributed by atoms with Crippen molar-refractivity contribution >= 4 is 34.3 Å². The van der Waals surface area contributed by atoms with Crippen molar-refractivity contribution in [1.29, 1.82) is 0 Å². The summed E-state index contributed by atoms with van der Waals surface area (Å²) in [5.41, 5.74) is -0.313. The van der Waals surface area contributed by atoms with Crippen molar-refractivity contribution in [3.63, 3.8) is 0 Å². The first-order chi connectivity index (χ1) is 9.61. The number of carbonyl (C=O) groups excluding carboxylic acids is 2. The predicted octanol–water partition coefficient (Wildman–Crippen LogP) is 2.11. The molecule has 2 amide bonds. The number of hydrogen-bond donors (Lipinski definition) is 2. The Kier molecular flexibility index (Phi) is 4.20. The molecule has 0 saturated heterocycles. The van der Waals surface area contributed by atoms with Crippen LogP contribution in [0.5, 0.6) is 0 Å². The van der Waals surface area contributed by atoms with Gasteiger partial charge in [-0.3, -0.25) is 10.6 Å². The Labute approximate surface area is 116 Å². The lowest BCUT2D eigenvalue weighted by molar-refractivity contribution is 0.0595. The minimum absolute atomic E-state index is 0.313. The molecule has 0 aliphatic heterocycles. The molecule has 0 radical (unpaired) electrons. The van der Waals surface area contributed by atoms with Gasteiger partial charge in [0.05, 0.1) is 7.11 Å². The fourth-order valence-electron chi connectivity index (χ4n) is 1.32. The highest BCUT2D eigenvalue weighted by atomic mass is 32.1. The van der Waals surface area contributed by atoms with E-state index in [9.17, 15) is 14.0 Å². The van der Waals surface area contributed by atoms with Crippen LogP contribution in [0.3, 0.4) is 0 Å². The number of methoxy groups -OCH3 is 1. The molecule has 2 rings (SSSR count). The van der Waals surface area contributed by atoms with E-state index >= 15 is 0 Å². The van der Waals surface area contributed by atoms with Crippen molar-refractivity contribution in [3.05, 3.63) is 35.2 Å². The molecule has 0 aliphatic carbocycles. The maximum Gasteiger partial charge on any atom is 0.341 e. The van der Waals surface area contributed by atoms with Crippen molar-refractivity contribution in [2.75, 3.05) is 17.7 Å². The van der Waals surface area contributed by atoms with Gasteiger partial charge in [-0.1, -0.05) is 0 Å². The number of thiazole rings is 1. The standard InChI is InChI=1S/C11H9FN4O3S/c1-19-9(17)6-2-3-13-8(7(6)12)15-10(18)16-11-14-4-5-20-11/h2-5H,1H3,(H2,13,14,15,16,18). The molecule has 0 atom stereocenters. The summed E-state index contributed by atoms with van der Waals surface area (Å²) in [6, 6.07) is 0.443. The zero-order chi connectivity index (χ0) is 14.5. The van der Waals surface area contributed by atoms with E-state index in [0.29, 0.717) is 5.13 Å². The lowest BCUT2D eigenvalue weighted by Crippen LogP contribution is -2.21. The summed E-state index contributed by atoms with van der Waals surface area (Å²) in [6.45, 7) is 0. The molecule has 0 bridgehead atoms. The van der Waals surface area contributed by atoms with Gasteiger partial charge >= 0.3 is 12.0 Å². The highest BCUT2D eigenvalue weighted by molar-refractivity contribution is 7.13. The Bertz CT molecular complexity index is 633. The fraction of sp³-hybridized carbons (Fsp3) is 0.0909. The lowest BCUT2D eigenvalue weighted by Gasteiger charge is -2.07. The van der Waals surface area contributed by atoms with E-state index in [1.165, 1.54) is 23.7 Å². The molecule has 104 valence electrons.